The average molecular weight is 237 g/mol. The van der Waals surface area contributed by atoms with Gasteiger partial charge in [0.1, 0.15) is 10.8 Å². The molecule has 2 rings (SSSR count). The Balaban J connectivity index is 2.84. The summed E-state index contributed by atoms with van der Waals surface area (Å²) < 4.78 is 1.56. The molecule has 0 aliphatic rings. The Hall–Kier alpha value is -1.35. The van der Waals surface area contributed by atoms with Crippen LogP contribution in [0, 0.1) is 6.92 Å². The van der Waals surface area contributed by atoms with E-state index in [1.54, 1.807) is 10.6 Å². The van der Waals surface area contributed by atoms with E-state index in [9.17, 15) is 4.79 Å². The number of aromatic nitrogens is 2. The predicted molar refractivity (Wildman–Crippen MR) is 65.2 cm³/mol. The zero-order valence-electron chi connectivity index (χ0n) is 9.33. The van der Waals surface area contributed by atoms with E-state index in [1.165, 1.54) is 0 Å². The highest BCUT2D eigenvalue weighted by Crippen LogP contribution is 2.14. The van der Waals surface area contributed by atoms with Gasteiger partial charge in [0.2, 0.25) is 0 Å². The second-order valence-electron chi connectivity index (χ2n) is 3.82. The molecule has 0 saturated heterocycles. The number of rotatable bonds is 2. The van der Waals surface area contributed by atoms with Crippen LogP contribution in [0.15, 0.2) is 23.1 Å². The third kappa shape index (κ3) is 1.71. The lowest BCUT2D eigenvalue weighted by Crippen LogP contribution is -2.20. The number of halogens is 1. The number of hydrogen-bond donors (Lipinski definition) is 0. The summed E-state index contributed by atoms with van der Waals surface area (Å²) in [5.41, 5.74) is 2.13. The van der Waals surface area contributed by atoms with Gasteiger partial charge in [-0.2, -0.15) is 0 Å². The van der Waals surface area contributed by atoms with Gasteiger partial charge < -0.3 is 0 Å². The van der Waals surface area contributed by atoms with Crippen molar-refractivity contribution < 1.29 is 0 Å². The van der Waals surface area contributed by atoms with Crippen LogP contribution in [0.25, 0.3) is 5.65 Å². The standard InChI is InChI=1S/C12H13ClN2O/c1-3-5-9-10(13)14-11-8(2)6-4-7-15(11)12(9)16/h4,6-7H,3,5H2,1-2H3. The summed E-state index contributed by atoms with van der Waals surface area (Å²) in [5.74, 6) is 0. The fourth-order valence-electron chi connectivity index (χ4n) is 1.77. The van der Waals surface area contributed by atoms with E-state index in [0.29, 0.717) is 22.8 Å². The summed E-state index contributed by atoms with van der Waals surface area (Å²) in [6, 6.07) is 3.76. The lowest BCUT2D eigenvalue weighted by Gasteiger charge is -2.07. The first kappa shape index (κ1) is 11.1. The van der Waals surface area contributed by atoms with Gasteiger partial charge in [-0.25, -0.2) is 4.98 Å². The van der Waals surface area contributed by atoms with E-state index in [4.69, 9.17) is 11.6 Å². The highest BCUT2D eigenvalue weighted by molar-refractivity contribution is 6.30. The van der Waals surface area contributed by atoms with Gasteiger partial charge in [0.05, 0.1) is 5.56 Å². The molecular weight excluding hydrogens is 224 g/mol. The van der Waals surface area contributed by atoms with Gasteiger partial charge in [-0.3, -0.25) is 9.20 Å². The summed E-state index contributed by atoms with van der Waals surface area (Å²) >= 11 is 6.03. The van der Waals surface area contributed by atoms with Crippen LogP contribution in [0.1, 0.15) is 24.5 Å². The molecule has 2 heterocycles. The van der Waals surface area contributed by atoms with Crippen molar-refractivity contribution in [3.05, 3.63) is 45.0 Å². The number of hydrogen-bond acceptors (Lipinski definition) is 2. The number of aryl methyl sites for hydroxylation is 1. The largest absolute Gasteiger partial charge is 0.269 e. The average Bonchev–Trinajstić information content (AvgIpc) is 2.26. The van der Waals surface area contributed by atoms with Crippen LogP contribution in [-0.2, 0) is 6.42 Å². The second-order valence-corrected chi connectivity index (χ2v) is 4.18. The molecule has 0 unspecified atom stereocenters. The van der Waals surface area contributed by atoms with Gasteiger partial charge in [0.25, 0.3) is 5.56 Å². The first-order chi connectivity index (χ1) is 7.65. The van der Waals surface area contributed by atoms with Crippen molar-refractivity contribution in [1.82, 2.24) is 9.38 Å². The Bertz CT molecular complexity index is 589. The quantitative estimate of drug-likeness (QED) is 0.752. The minimum absolute atomic E-state index is 0.0550. The Morgan fingerprint density at radius 3 is 2.94 bits per heavy atom. The molecule has 0 aromatic carbocycles. The van der Waals surface area contributed by atoms with Crippen LogP contribution in [0.3, 0.4) is 0 Å². The molecule has 0 saturated carbocycles. The van der Waals surface area contributed by atoms with Crippen LogP contribution < -0.4 is 5.56 Å². The van der Waals surface area contributed by atoms with Crippen molar-refractivity contribution in [2.45, 2.75) is 26.7 Å². The van der Waals surface area contributed by atoms with Crippen LogP contribution >= 0.6 is 11.6 Å². The van der Waals surface area contributed by atoms with Crippen LogP contribution in [0.4, 0.5) is 0 Å². The van der Waals surface area contributed by atoms with Crippen LogP contribution in [-0.4, -0.2) is 9.38 Å². The molecule has 0 aliphatic heterocycles. The molecule has 0 aliphatic carbocycles. The van der Waals surface area contributed by atoms with Crippen molar-refractivity contribution in [2.24, 2.45) is 0 Å². The Kier molecular flexibility index (Phi) is 2.97. The van der Waals surface area contributed by atoms with Gasteiger partial charge in [0, 0.05) is 6.20 Å². The van der Waals surface area contributed by atoms with E-state index >= 15 is 0 Å². The van der Waals surface area contributed by atoms with E-state index in [-0.39, 0.29) is 5.56 Å². The number of pyridine rings is 1. The van der Waals surface area contributed by atoms with E-state index in [0.717, 1.165) is 12.0 Å². The minimum atomic E-state index is -0.0550. The smallest absolute Gasteiger partial charge is 0.262 e. The van der Waals surface area contributed by atoms with Crippen molar-refractivity contribution in [3.8, 4) is 0 Å². The van der Waals surface area contributed by atoms with Crippen molar-refractivity contribution >= 4 is 17.2 Å². The molecule has 0 amide bonds. The summed E-state index contributed by atoms with van der Waals surface area (Å²) in [4.78, 5) is 16.4. The first-order valence-electron chi connectivity index (χ1n) is 5.31. The summed E-state index contributed by atoms with van der Waals surface area (Å²) in [6.07, 6.45) is 3.28. The van der Waals surface area contributed by atoms with Gasteiger partial charge in [-0.15, -0.1) is 0 Å². The molecule has 84 valence electrons. The SMILES string of the molecule is CCCc1c(Cl)nc2c(C)cccn2c1=O. The van der Waals surface area contributed by atoms with Crippen molar-refractivity contribution in [2.75, 3.05) is 0 Å². The van der Waals surface area contributed by atoms with Crippen LogP contribution in [0.5, 0.6) is 0 Å². The maximum absolute atomic E-state index is 12.1. The molecule has 0 radical (unpaired) electrons. The first-order valence-corrected chi connectivity index (χ1v) is 5.69. The second kappa shape index (κ2) is 4.26. The van der Waals surface area contributed by atoms with Crippen molar-refractivity contribution in [3.63, 3.8) is 0 Å². The van der Waals surface area contributed by atoms with Gasteiger partial charge in [-0.1, -0.05) is 31.0 Å². The van der Waals surface area contributed by atoms with Crippen LogP contribution in [0.2, 0.25) is 5.15 Å². The summed E-state index contributed by atoms with van der Waals surface area (Å²) in [6.45, 7) is 3.93. The fourth-order valence-corrected chi connectivity index (χ4v) is 2.02. The predicted octanol–water partition coefficient (Wildman–Crippen LogP) is 2.61. The molecule has 3 nitrogen and oxygen atoms in total. The highest BCUT2D eigenvalue weighted by atomic mass is 35.5. The monoisotopic (exact) mass is 236 g/mol. The molecule has 0 bridgehead atoms. The molecule has 0 N–H and O–H groups in total. The maximum atomic E-state index is 12.1. The minimum Gasteiger partial charge on any atom is -0.269 e. The zero-order chi connectivity index (χ0) is 11.7. The Morgan fingerprint density at radius 1 is 1.50 bits per heavy atom. The summed E-state index contributed by atoms with van der Waals surface area (Å²) in [7, 11) is 0. The third-order valence-electron chi connectivity index (χ3n) is 2.59. The van der Waals surface area contributed by atoms with E-state index < -0.39 is 0 Å². The van der Waals surface area contributed by atoms with Gasteiger partial charge >= 0.3 is 0 Å². The highest BCUT2D eigenvalue weighted by Gasteiger charge is 2.10. The topological polar surface area (TPSA) is 34.4 Å². The zero-order valence-corrected chi connectivity index (χ0v) is 10.1. The van der Waals surface area contributed by atoms with Gasteiger partial charge in [-0.05, 0) is 25.0 Å². The lowest BCUT2D eigenvalue weighted by molar-refractivity contribution is 0.873. The molecule has 2 aromatic heterocycles. The maximum Gasteiger partial charge on any atom is 0.262 e. The molecular formula is C12H13ClN2O. The molecule has 2 aromatic rings. The number of nitrogens with zero attached hydrogens (tertiary/aromatic N) is 2. The molecule has 0 fully saturated rings. The fraction of sp³-hybridized carbons (Fsp3) is 0.333. The summed E-state index contributed by atoms with van der Waals surface area (Å²) in [5, 5.41) is 0.334. The Morgan fingerprint density at radius 2 is 2.25 bits per heavy atom. The molecule has 0 atom stereocenters. The number of fused-ring (bicyclic) bond motifs is 1. The third-order valence-corrected chi connectivity index (χ3v) is 2.90. The van der Waals surface area contributed by atoms with E-state index in [1.807, 2.05) is 26.0 Å². The normalized spacial score (nSPS) is 10.9. The molecule has 16 heavy (non-hydrogen) atoms. The molecule has 0 spiro atoms. The van der Waals surface area contributed by atoms with Crippen molar-refractivity contribution in [1.29, 1.82) is 0 Å². The van der Waals surface area contributed by atoms with E-state index in [2.05, 4.69) is 4.98 Å². The molecule has 4 heteroatoms. The Labute approximate surface area is 98.7 Å². The lowest BCUT2D eigenvalue weighted by atomic mass is 10.2. The van der Waals surface area contributed by atoms with Gasteiger partial charge in [0.15, 0.2) is 0 Å².